The van der Waals surface area contributed by atoms with Crippen LogP contribution >= 0.6 is 11.3 Å². The van der Waals surface area contributed by atoms with Crippen LogP contribution in [0.3, 0.4) is 0 Å². The second-order valence-corrected chi connectivity index (χ2v) is 7.17. The van der Waals surface area contributed by atoms with Gasteiger partial charge < -0.3 is 4.98 Å². The quantitative estimate of drug-likeness (QED) is 0.903. The van der Waals surface area contributed by atoms with E-state index in [4.69, 9.17) is 0 Å². The fourth-order valence-electron chi connectivity index (χ4n) is 1.76. The van der Waals surface area contributed by atoms with Crippen molar-refractivity contribution in [1.29, 1.82) is 0 Å². The van der Waals surface area contributed by atoms with Gasteiger partial charge in [0.25, 0.3) is 5.56 Å². The normalized spacial score (nSPS) is 12.1. The van der Waals surface area contributed by atoms with Gasteiger partial charge in [0.15, 0.2) is 5.82 Å². The molecule has 19 heavy (non-hydrogen) atoms. The number of aromatic nitrogens is 2. The molecule has 2 heterocycles. The van der Waals surface area contributed by atoms with E-state index in [-0.39, 0.29) is 16.9 Å². The van der Waals surface area contributed by atoms with Crippen molar-refractivity contribution < 1.29 is 0 Å². The van der Waals surface area contributed by atoms with Gasteiger partial charge in [-0.15, -0.1) is 11.3 Å². The number of hydrogen-bond donors (Lipinski definition) is 1. The molecule has 2 aromatic heterocycles. The highest BCUT2D eigenvalue weighted by Gasteiger charge is 2.17. The summed E-state index contributed by atoms with van der Waals surface area (Å²) in [6.45, 7) is 10.6. The average molecular weight is 276 g/mol. The van der Waals surface area contributed by atoms with Crippen LogP contribution in [0, 0.1) is 0 Å². The summed E-state index contributed by atoms with van der Waals surface area (Å²) >= 11 is 1.69. The van der Waals surface area contributed by atoms with Crippen LogP contribution in [0.2, 0.25) is 0 Å². The van der Waals surface area contributed by atoms with Crippen molar-refractivity contribution in [3.05, 3.63) is 39.1 Å². The molecule has 1 N–H and O–H groups in total. The Labute approximate surface area is 117 Å². The lowest BCUT2D eigenvalue weighted by Crippen LogP contribution is -2.10. The largest absolute Gasteiger partial charge is 0.306 e. The van der Waals surface area contributed by atoms with Crippen molar-refractivity contribution in [3.8, 4) is 10.7 Å². The van der Waals surface area contributed by atoms with E-state index in [1.807, 2.05) is 19.9 Å². The molecule has 0 fully saturated rings. The molecule has 0 unspecified atom stereocenters. The summed E-state index contributed by atoms with van der Waals surface area (Å²) < 4.78 is 0. The Morgan fingerprint density at radius 2 is 1.95 bits per heavy atom. The van der Waals surface area contributed by atoms with E-state index in [9.17, 15) is 4.79 Å². The molecule has 0 aliphatic rings. The van der Waals surface area contributed by atoms with Gasteiger partial charge in [0.2, 0.25) is 0 Å². The van der Waals surface area contributed by atoms with Crippen molar-refractivity contribution in [3.63, 3.8) is 0 Å². The van der Waals surface area contributed by atoms with Crippen molar-refractivity contribution in [2.75, 3.05) is 0 Å². The van der Waals surface area contributed by atoms with Crippen LogP contribution in [0.25, 0.3) is 10.7 Å². The number of nitrogens with one attached hydrogen (secondary N) is 1. The van der Waals surface area contributed by atoms with Crippen LogP contribution in [0.15, 0.2) is 23.0 Å². The second kappa shape index (κ2) is 4.93. The minimum Gasteiger partial charge on any atom is -0.306 e. The van der Waals surface area contributed by atoms with Gasteiger partial charge in [-0.1, -0.05) is 34.6 Å². The molecule has 0 saturated heterocycles. The topological polar surface area (TPSA) is 45.8 Å². The summed E-state index contributed by atoms with van der Waals surface area (Å²) in [6, 6.07) is 5.72. The van der Waals surface area contributed by atoms with Crippen LogP contribution in [0.5, 0.6) is 0 Å². The molecule has 4 heteroatoms. The third-order valence-corrected chi connectivity index (χ3v) is 4.45. The van der Waals surface area contributed by atoms with Gasteiger partial charge in [-0.05, 0) is 23.5 Å². The van der Waals surface area contributed by atoms with Gasteiger partial charge >= 0.3 is 0 Å². The van der Waals surface area contributed by atoms with Gasteiger partial charge in [0, 0.05) is 10.9 Å². The van der Waals surface area contributed by atoms with E-state index >= 15 is 0 Å². The molecule has 0 saturated carbocycles. The molecule has 2 aromatic rings. The SMILES string of the molecule is CC(C)c1cc(=O)[nH]c(-c2ccc(C(C)(C)C)s2)n1. The molecule has 0 aromatic carbocycles. The third-order valence-electron chi connectivity index (χ3n) is 2.93. The lowest BCUT2D eigenvalue weighted by molar-refractivity contribution is 0.604. The van der Waals surface area contributed by atoms with E-state index in [0.29, 0.717) is 5.82 Å². The summed E-state index contributed by atoms with van der Waals surface area (Å²) in [7, 11) is 0. The first-order chi connectivity index (χ1) is 8.77. The summed E-state index contributed by atoms with van der Waals surface area (Å²) in [5, 5.41) is 0. The highest BCUT2D eigenvalue weighted by atomic mass is 32.1. The Balaban J connectivity index is 2.47. The van der Waals surface area contributed by atoms with Crippen LogP contribution < -0.4 is 5.56 Å². The minimum atomic E-state index is -0.0839. The number of aromatic amines is 1. The lowest BCUT2D eigenvalue weighted by atomic mass is 9.95. The van der Waals surface area contributed by atoms with Crippen LogP contribution in [0.1, 0.15) is 51.1 Å². The summed E-state index contributed by atoms with van der Waals surface area (Å²) in [4.78, 5) is 21.4. The predicted molar refractivity (Wildman–Crippen MR) is 81.0 cm³/mol. The number of rotatable bonds is 2. The van der Waals surface area contributed by atoms with Gasteiger partial charge in [-0.25, -0.2) is 4.98 Å². The van der Waals surface area contributed by atoms with Gasteiger partial charge in [-0.2, -0.15) is 0 Å². The number of nitrogens with zero attached hydrogens (tertiary/aromatic N) is 1. The molecule has 0 aliphatic heterocycles. The summed E-state index contributed by atoms with van der Waals surface area (Å²) in [5.74, 6) is 0.930. The molecule has 0 spiro atoms. The third kappa shape index (κ3) is 3.13. The smallest absolute Gasteiger partial charge is 0.251 e. The highest BCUT2D eigenvalue weighted by Crippen LogP contribution is 2.33. The van der Waals surface area contributed by atoms with E-state index in [2.05, 4.69) is 36.8 Å². The molecule has 102 valence electrons. The van der Waals surface area contributed by atoms with Gasteiger partial charge in [0.1, 0.15) is 0 Å². The lowest BCUT2D eigenvalue weighted by Gasteiger charge is -2.15. The Morgan fingerprint density at radius 3 is 2.47 bits per heavy atom. The second-order valence-electron chi connectivity index (χ2n) is 6.09. The Kier molecular flexibility index (Phi) is 3.63. The Hall–Kier alpha value is -1.42. The highest BCUT2D eigenvalue weighted by molar-refractivity contribution is 7.15. The molecule has 0 radical (unpaired) electrons. The molecule has 0 bridgehead atoms. The molecule has 0 aliphatic carbocycles. The van der Waals surface area contributed by atoms with Crippen molar-refractivity contribution >= 4 is 11.3 Å². The molecule has 3 nitrogen and oxygen atoms in total. The Bertz CT molecular complexity index is 632. The predicted octanol–water partition coefficient (Wildman–Crippen LogP) is 3.92. The monoisotopic (exact) mass is 276 g/mol. The molecule has 0 atom stereocenters. The van der Waals surface area contributed by atoms with Crippen LogP contribution in [-0.2, 0) is 5.41 Å². The first-order valence-electron chi connectivity index (χ1n) is 6.49. The standard InChI is InChI=1S/C15H20N2OS/c1-9(2)10-8-13(18)17-14(16-10)11-6-7-12(19-11)15(3,4)5/h6-9H,1-5H3,(H,16,17,18). The maximum absolute atomic E-state index is 11.7. The van der Waals surface area contributed by atoms with Gasteiger partial charge in [0.05, 0.1) is 10.6 Å². The minimum absolute atomic E-state index is 0.0839. The van der Waals surface area contributed by atoms with E-state index < -0.39 is 0 Å². The van der Waals surface area contributed by atoms with Crippen LogP contribution in [0.4, 0.5) is 0 Å². The molecule has 0 amide bonds. The van der Waals surface area contributed by atoms with Crippen LogP contribution in [-0.4, -0.2) is 9.97 Å². The number of thiophene rings is 1. The fraction of sp³-hybridized carbons (Fsp3) is 0.467. The fourth-order valence-corrected chi connectivity index (χ4v) is 2.77. The van der Waals surface area contributed by atoms with E-state index in [1.165, 1.54) is 4.88 Å². The number of H-pyrrole nitrogens is 1. The zero-order chi connectivity index (χ0) is 14.2. The molecular formula is C15H20N2OS. The molecular weight excluding hydrogens is 256 g/mol. The first kappa shape index (κ1) is 14.0. The first-order valence-corrected chi connectivity index (χ1v) is 7.31. The molecule has 2 rings (SSSR count). The van der Waals surface area contributed by atoms with Crippen molar-refractivity contribution in [1.82, 2.24) is 9.97 Å². The maximum Gasteiger partial charge on any atom is 0.251 e. The summed E-state index contributed by atoms with van der Waals surface area (Å²) in [5.41, 5.74) is 0.877. The van der Waals surface area contributed by atoms with Gasteiger partial charge in [-0.3, -0.25) is 4.79 Å². The van der Waals surface area contributed by atoms with E-state index in [1.54, 1.807) is 17.4 Å². The Morgan fingerprint density at radius 1 is 1.26 bits per heavy atom. The summed E-state index contributed by atoms with van der Waals surface area (Å²) in [6.07, 6.45) is 0. The average Bonchev–Trinajstić information content (AvgIpc) is 2.76. The zero-order valence-electron chi connectivity index (χ0n) is 12.1. The zero-order valence-corrected chi connectivity index (χ0v) is 12.9. The van der Waals surface area contributed by atoms with Crippen molar-refractivity contribution in [2.24, 2.45) is 0 Å². The number of hydrogen-bond acceptors (Lipinski definition) is 3. The maximum atomic E-state index is 11.7. The van der Waals surface area contributed by atoms with Crippen molar-refractivity contribution in [2.45, 2.75) is 46.0 Å². The van der Waals surface area contributed by atoms with E-state index in [0.717, 1.165) is 10.6 Å².